The van der Waals surface area contributed by atoms with Gasteiger partial charge in [0, 0.05) is 28.4 Å². The van der Waals surface area contributed by atoms with Gasteiger partial charge >= 0.3 is 0 Å². The van der Waals surface area contributed by atoms with Crippen molar-refractivity contribution in [3.8, 4) is 5.75 Å². The Morgan fingerprint density at radius 2 is 1.96 bits per heavy atom. The topological polar surface area (TPSA) is 47.6 Å². The minimum atomic E-state index is -0.190. The smallest absolute Gasteiger partial charge is 0.255 e. The van der Waals surface area contributed by atoms with E-state index >= 15 is 0 Å². The molecule has 0 radical (unpaired) electrons. The van der Waals surface area contributed by atoms with Crippen molar-refractivity contribution in [3.63, 3.8) is 0 Å². The molecule has 0 saturated heterocycles. The van der Waals surface area contributed by atoms with Gasteiger partial charge in [0.05, 0.1) is 13.2 Å². The zero-order chi connectivity index (χ0) is 18.2. The first-order chi connectivity index (χ1) is 12.0. The predicted octanol–water partition coefficient (Wildman–Crippen LogP) is 5.23. The summed E-state index contributed by atoms with van der Waals surface area (Å²) in [7, 11) is 0. The lowest BCUT2D eigenvalue weighted by Crippen LogP contribution is -2.13. The summed E-state index contributed by atoms with van der Waals surface area (Å²) in [6.45, 7) is 7.56. The average Bonchev–Trinajstić information content (AvgIpc) is 2.60. The summed E-state index contributed by atoms with van der Waals surface area (Å²) in [6.07, 6.45) is 0.943. The van der Waals surface area contributed by atoms with Crippen molar-refractivity contribution < 1.29 is 14.3 Å². The third-order valence-corrected chi connectivity index (χ3v) is 3.91. The molecule has 0 spiro atoms. The maximum atomic E-state index is 12.6. The van der Waals surface area contributed by atoms with Crippen LogP contribution in [0.5, 0.6) is 5.75 Å². The first-order valence-electron chi connectivity index (χ1n) is 8.46. The van der Waals surface area contributed by atoms with Crippen LogP contribution in [0.25, 0.3) is 0 Å². The van der Waals surface area contributed by atoms with E-state index in [2.05, 4.69) is 12.2 Å². The Kier molecular flexibility index (Phi) is 7.29. The molecule has 25 heavy (non-hydrogen) atoms. The molecule has 1 amide bonds. The van der Waals surface area contributed by atoms with E-state index in [9.17, 15) is 4.79 Å². The van der Waals surface area contributed by atoms with Gasteiger partial charge in [-0.05, 0) is 56.2 Å². The number of rotatable bonds is 8. The van der Waals surface area contributed by atoms with Gasteiger partial charge in [-0.15, -0.1) is 0 Å². The second-order valence-corrected chi connectivity index (χ2v) is 6.16. The zero-order valence-electron chi connectivity index (χ0n) is 14.9. The molecule has 4 nitrogen and oxygen atoms in total. The number of amides is 1. The molecule has 0 aromatic heterocycles. The first-order valence-corrected chi connectivity index (χ1v) is 8.84. The summed E-state index contributed by atoms with van der Waals surface area (Å²) in [5.41, 5.74) is 3.08. The third kappa shape index (κ3) is 5.48. The Hall–Kier alpha value is -2.04. The molecule has 0 atom stereocenters. The molecule has 5 heteroatoms. The summed E-state index contributed by atoms with van der Waals surface area (Å²) in [6, 6.07) is 10.8. The number of carbonyl (C=O) groups excluding carboxylic acids is 1. The van der Waals surface area contributed by atoms with Crippen molar-refractivity contribution in [3.05, 3.63) is 58.1 Å². The Morgan fingerprint density at radius 1 is 1.16 bits per heavy atom. The minimum absolute atomic E-state index is 0.190. The molecule has 2 aromatic carbocycles. The van der Waals surface area contributed by atoms with Gasteiger partial charge in [-0.2, -0.15) is 0 Å². The molecule has 0 bridgehead atoms. The minimum Gasteiger partial charge on any atom is -0.494 e. The summed E-state index contributed by atoms with van der Waals surface area (Å²) in [5.74, 6) is 0.555. The van der Waals surface area contributed by atoms with E-state index < -0.39 is 0 Å². The highest BCUT2D eigenvalue weighted by atomic mass is 35.5. The fourth-order valence-corrected chi connectivity index (χ4v) is 2.55. The highest BCUT2D eigenvalue weighted by Crippen LogP contribution is 2.24. The molecule has 0 fully saturated rings. The largest absolute Gasteiger partial charge is 0.494 e. The van der Waals surface area contributed by atoms with Crippen LogP contribution in [0.4, 0.5) is 5.69 Å². The molecule has 1 N–H and O–H groups in total. The van der Waals surface area contributed by atoms with Gasteiger partial charge in [-0.25, -0.2) is 0 Å². The fraction of sp³-hybridized carbons (Fsp3) is 0.350. The number of aryl methyl sites for hydroxylation is 1. The van der Waals surface area contributed by atoms with Gasteiger partial charge in [0.2, 0.25) is 0 Å². The molecule has 0 aliphatic carbocycles. The molecule has 134 valence electrons. The number of nitrogens with one attached hydrogen (secondary N) is 1. The van der Waals surface area contributed by atoms with Crippen LogP contribution in [0.2, 0.25) is 5.02 Å². The van der Waals surface area contributed by atoms with Crippen molar-refractivity contribution in [2.24, 2.45) is 0 Å². The first kappa shape index (κ1) is 19.3. The number of halogens is 1. The molecule has 0 unspecified atom stereocenters. The number of anilines is 1. The lowest BCUT2D eigenvalue weighted by Gasteiger charge is -2.13. The van der Waals surface area contributed by atoms with E-state index in [4.69, 9.17) is 21.1 Å². The third-order valence-electron chi connectivity index (χ3n) is 3.68. The Morgan fingerprint density at radius 3 is 2.68 bits per heavy atom. The summed E-state index contributed by atoms with van der Waals surface area (Å²) in [5, 5.41) is 3.49. The monoisotopic (exact) mass is 361 g/mol. The zero-order valence-corrected chi connectivity index (χ0v) is 15.7. The van der Waals surface area contributed by atoms with Crippen LogP contribution in [-0.4, -0.2) is 19.1 Å². The normalized spacial score (nSPS) is 10.6. The summed E-state index contributed by atoms with van der Waals surface area (Å²) >= 11 is 6.01. The van der Waals surface area contributed by atoms with Gasteiger partial charge in [0.15, 0.2) is 0 Å². The SMILES string of the molecule is CCCOCc1cc(C(=O)Nc2cc(Cl)ccc2C)ccc1OCC. The molecule has 0 aliphatic heterocycles. The molecule has 0 heterocycles. The second kappa shape index (κ2) is 9.44. The molecular formula is C20H24ClNO3. The van der Waals surface area contributed by atoms with Crippen LogP contribution < -0.4 is 10.1 Å². The summed E-state index contributed by atoms with van der Waals surface area (Å²) in [4.78, 5) is 12.6. The van der Waals surface area contributed by atoms with Crippen LogP contribution in [0.1, 0.15) is 41.8 Å². The molecule has 0 aliphatic rings. The van der Waals surface area contributed by atoms with Crippen LogP contribution >= 0.6 is 11.6 Å². The summed E-state index contributed by atoms with van der Waals surface area (Å²) < 4.78 is 11.2. The standard InChI is InChI=1S/C20H24ClNO3/c1-4-10-24-13-16-11-15(7-9-19(16)25-5-2)20(23)22-18-12-17(21)8-6-14(18)3/h6-9,11-12H,4-5,10,13H2,1-3H3,(H,22,23). The number of ether oxygens (including phenoxy) is 2. The highest BCUT2D eigenvalue weighted by Gasteiger charge is 2.12. The molecular weight excluding hydrogens is 338 g/mol. The van der Waals surface area contributed by atoms with Crippen molar-refractivity contribution in [2.75, 3.05) is 18.5 Å². The van der Waals surface area contributed by atoms with Gasteiger partial charge in [0.25, 0.3) is 5.91 Å². The van der Waals surface area contributed by atoms with Crippen molar-refractivity contribution in [2.45, 2.75) is 33.8 Å². The Balaban J connectivity index is 2.20. The maximum absolute atomic E-state index is 12.6. The van der Waals surface area contributed by atoms with Gasteiger partial charge < -0.3 is 14.8 Å². The van der Waals surface area contributed by atoms with E-state index in [0.29, 0.717) is 36.1 Å². The number of benzene rings is 2. The van der Waals surface area contributed by atoms with Crippen LogP contribution in [-0.2, 0) is 11.3 Å². The van der Waals surface area contributed by atoms with Crippen molar-refractivity contribution >= 4 is 23.2 Å². The van der Waals surface area contributed by atoms with Gasteiger partial charge in [0.1, 0.15) is 5.75 Å². The van der Waals surface area contributed by atoms with E-state index in [-0.39, 0.29) is 5.91 Å². The van der Waals surface area contributed by atoms with Gasteiger partial charge in [-0.1, -0.05) is 24.6 Å². The Bertz CT molecular complexity index is 731. The maximum Gasteiger partial charge on any atom is 0.255 e. The van der Waals surface area contributed by atoms with Crippen LogP contribution in [0.3, 0.4) is 0 Å². The highest BCUT2D eigenvalue weighted by molar-refractivity contribution is 6.31. The van der Waals surface area contributed by atoms with Crippen molar-refractivity contribution in [1.29, 1.82) is 0 Å². The van der Waals surface area contributed by atoms with E-state index in [1.54, 1.807) is 18.2 Å². The van der Waals surface area contributed by atoms with Crippen LogP contribution in [0, 0.1) is 6.92 Å². The van der Waals surface area contributed by atoms with E-state index in [1.807, 2.05) is 32.0 Å². The fourth-order valence-electron chi connectivity index (χ4n) is 2.38. The van der Waals surface area contributed by atoms with Gasteiger partial charge in [-0.3, -0.25) is 4.79 Å². The molecule has 2 rings (SSSR count). The Labute approximate surface area is 154 Å². The van der Waals surface area contributed by atoms with E-state index in [0.717, 1.165) is 23.3 Å². The lowest BCUT2D eigenvalue weighted by atomic mass is 10.1. The second-order valence-electron chi connectivity index (χ2n) is 5.72. The lowest BCUT2D eigenvalue weighted by molar-refractivity contribution is 0.102. The predicted molar refractivity (Wildman–Crippen MR) is 102 cm³/mol. The number of hydrogen-bond acceptors (Lipinski definition) is 3. The van der Waals surface area contributed by atoms with E-state index in [1.165, 1.54) is 0 Å². The van der Waals surface area contributed by atoms with Crippen LogP contribution in [0.15, 0.2) is 36.4 Å². The number of carbonyl (C=O) groups is 1. The van der Waals surface area contributed by atoms with Crippen molar-refractivity contribution in [1.82, 2.24) is 0 Å². The number of hydrogen-bond donors (Lipinski definition) is 1. The quantitative estimate of drug-likeness (QED) is 0.655. The molecule has 2 aromatic rings. The molecule has 0 saturated carbocycles. The average molecular weight is 362 g/mol.